The minimum atomic E-state index is -1.32. The summed E-state index contributed by atoms with van der Waals surface area (Å²) in [6, 6.07) is 8.12. The zero-order chi connectivity index (χ0) is 20.4. The molecule has 9 nitrogen and oxygen atoms in total. The minimum Gasteiger partial charge on any atom is -0.477 e. The lowest BCUT2D eigenvalue weighted by Gasteiger charge is -2.25. The summed E-state index contributed by atoms with van der Waals surface area (Å²) in [7, 11) is 0. The molecule has 0 bridgehead atoms. The number of anilines is 1. The minimum absolute atomic E-state index is 0.214. The lowest BCUT2D eigenvalue weighted by molar-refractivity contribution is -0.137. The Morgan fingerprint density at radius 2 is 1.82 bits per heavy atom. The van der Waals surface area contributed by atoms with Crippen LogP contribution in [0.2, 0.25) is 0 Å². The number of amides is 2. The molecule has 1 aromatic carbocycles. The normalized spacial score (nSPS) is 16.1. The number of H-pyrrole nitrogens is 1. The summed E-state index contributed by atoms with van der Waals surface area (Å²) >= 11 is 0. The van der Waals surface area contributed by atoms with E-state index in [9.17, 15) is 24.4 Å². The number of hydroxylamine groups is 1. The Morgan fingerprint density at radius 1 is 1.14 bits per heavy atom. The van der Waals surface area contributed by atoms with Gasteiger partial charge in [0, 0.05) is 19.2 Å². The average Bonchev–Trinajstić information content (AvgIpc) is 3.16. The van der Waals surface area contributed by atoms with Gasteiger partial charge in [-0.05, 0) is 42.7 Å². The van der Waals surface area contributed by atoms with Crippen LogP contribution in [0.1, 0.15) is 30.1 Å². The fourth-order valence-corrected chi connectivity index (χ4v) is 3.26. The highest BCUT2D eigenvalue weighted by Crippen LogP contribution is 2.24. The van der Waals surface area contributed by atoms with E-state index in [0.29, 0.717) is 35.7 Å². The quantitative estimate of drug-likeness (QED) is 0.540. The number of hydrogen-bond acceptors (Lipinski definition) is 5. The summed E-state index contributed by atoms with van der Waals surface area (Å²) < 4.78 is 0. The van der Waals surface area contributed by atoms with Crippen LogP contribution >= 0.6 is 0 Å². The van der Waals surface area contributed by atoms with Gasteiger partial charge in [0.2, 0.25) is 5.91 Å². The van der Waals surface area contributed by atoms with Crippen molar-refractivity contribution in [3.05, 3.63) is 52.3 Å². The highest BCUT2D eigenvalue weighted by molar-refractivity contribution is 5.97. The number of benzene rings is 1. The molecule has 0 saturated carbocycles. The first-order valence-corrected chi connectivity index (χ1v) is 8.66. The monoisotopic (exact) mass is 385 g/mol. The predicted molar refractivity (Wildman–Crippen MR) is 99.1 cm³/mol. The number of carbonyl (C=O) groups is 3. The van der Waals surface area contributed by atoms with E-state index in [4.69, 9.17) is 5.11 Å². The van der Waals surface area contributed by atoms with Crippen LogP contribution in [-0.4, -0.2) is 50.6 Å². The Balaban J connectivity index is 1.79. The number of nitrogens with zero attached hydrogens (tertiary/aromatic N) is 2. The smallest absolute Gasteiger partial charge is 0.341 e. The predicted octanol–water partition coefficient (Wildman–Crippen LogP) is 1.47. The van der Waals surface area contributed by atoms with E-state index >= 15 is 0 Å². The summed E-state index contributed by atoms with van der Waals surface area (Å²) in [6.45, 7) is 1.87. The first-order valence-electron chi connectivity index (χ1n) is 8.66. The number of rotatable bonds is 4. The number of likely N-dealkylation sites (tertiary alicyclic amines) is 1. The molecule has 0 radical (unpaired) electrons. The molecule has 1 fully saturated rings. The van der Waals surface area contributed by atoms with Gasteiger partial charge in [0.05, 0.1) is 5.69 Å². The van der Waals surface area contributed by atoms with Gasteiger partial charge in [-0.2, -0.15) is 5.06 Å². The summed E-state index contributed by atoms with van der Waals surface area (Å²) in [5.74, 6) is -2.11. The zero-order valence-corrected chi connectivity index (χ0v) is 15.1. The number of aromatic carboxylic acids is 1. The lowest BCUT2D eigenvalue weighted by atomic mass is 10.1. The van der Waals surface area contributed by atoms with Gasteiger partial charge in [-0.3, -0.25) is 19.6 Å². The molecule has 3 N–H and O–H groups in total. The van der Waals surface area contributed by atoms with E-state index in [0.717, 1.165) is 0 Å². The molecule has 2 heterocycles. The van der Waals surface area contributed by atoms with Crippen molar-refractivity contribution in [3.8, 4) is 11.3 Å². The highest BCUT2D eigenvalue weighted by Gasteiger charge is 2.35. The molecule has 9 heteroatoms. The Labute approximate surface area is 159 Å². The summed E-state index contributed by atoms with van der Waals surface area (Å²) in [5.41, 5.74) is 0.104. The van der Waals surface area contributed by atoms with E-state index in [1.54, 1.807) is 12.1 Å². The van der Waals surface area contributed by atoms with E-state index < -0.39 is 23.5 Å². The van der Waals surface area contributed by atoms with E-state index in [2.05, 4.69) is 4.98 Å². The molecule has 28 heavy (non-hydrogen) atoms. The van der Waals surface area contributed by atoms with Gasteiger partial charge in [-0.15, -0.1) is 0 Å². The average molecular weight is 385 g/mol. The van der Waals surface area contributed by atoms with Crippen molar-refractivity contribution in [1.29, 1.82) is 0 Å². The van der Waals surface area contributed by atoms with Crippen molar-refractivity contribution in [1.82, 2.24) is 9.88 Å². The van der Waals surface area contributed by atoms with Gasteiger partial charge in [-0.1, -0.05) is 12.1 Å². The first kappa shape index (κ1) is 19.3. The first-order chi connectivity index (χ1) is 13.3. The van der Waals surface area contributed by atoms with Crippen molar-refractivity contribution in [2.45, 2.75) is 25.8 Å². The summed E-state index contributed by atoms with van der Waals surface area (Å²) in [5, 5.41) is 19.7. The van der Waals surface area contributed by atoms with Gasteiger partial charge in [0.25, 0.3) is 11.5 Å². The fraction of sp³-hybridized carbons (Fsp3) is 0.263. The standard InChI is InChI=1S/C19H19N3O6/c1-11(23)21-10-2-3-16(21)18(25)22(28)13-6-4-12(5-7-13)15-9-8-14(19(26)27)17(24)20-15/h4-9,16,28H,2-3,10H2,1H3,(H,20,24)(H,26,27)/t16-/m0/s1. The maximum atomic E-state index is 12.5. The number of nitrogens with one attached hydrogen (secondary N) is 1. The lowest BCUT2D eigenvalue weighted by Crippen LogP contribution is -2.46. The third-order valence-corrected chi connectivity index (χ3v) is 4.71. The van der Waals surface area contributed by atoms with Crippen LogP contribution in [0, 0.1) is 0 Å². The third kappa shape index (κ3) is 3.65. The second-order valence-corrected chi connectivity index (χ2v) is 6.49. The second kappa shape index (κ2) is 7.65. The number of hydrogen-bond donors (Lipinski definition) is 3. The fourth-order valence-electron chi connectivity index (χ4n) is 3.26. The van der Waals surface area contributed by atoms with E-state index in [-0.39, 0.29) is 17.2 Å². The van der Waals surface area contributed by atoms with Crippen LogP contribution in [0.5, 0.6) is 0 Å². The van der Waals surface area contributed by atoms with E-state index in [1.807, 2.05) is 0 Å². The Hall–Kier alpha value is -3.46. The topological polar surface area (TPSA) is 131 Å². The molecule has 146 valence electrons. The molecule has 2 aromatic rings. The van der Waals surface area contributed by atoms with Crippen LogP contribution < -0.4 is 10.6 Å². The van der Waals surface area contributed by atoms with Crippen LogP contribution in [0.25, 0.3) is 11.3 Å². The van der Waals surface area contributed by atoms with Gasteiger partial charge < -0.3 is 15.0 Å². The molecule has 0 spiro atoms. The summed E-state index contributed by atoms with van der Waals surface area (Å²) in [6.07, 6.45) is 1.19. The molecule has 0 aliphatic carbocycles. The van der Waals surface area contributed by atoms with Crippen molar-refractivity contribution in [3.63, 3.8) is 0 Å². The molecule has 1 aromatic heterocycles. The number of carboxylic acid groups (broad SMARTS) is 1. The largest absolute Gasteiger partial charge is 0.477 e. The van der Waals surface area contributed by atoms with Crippen molar-refractivity contribution >= 4 is 23.5 Å². The molecule has 1 aliphatic rings. The van der Waals surface area contributed by atoms with E-state index in [1.165, 1.54) is 36.1 Å². The number of carbonyl (C=O) groups excluding carboxylic acids is 2. The molecular formula is C19H19N3O6. The molecule has 1 aliphatic heterocycles. The van der Waals surface area contributed by atoms with Gasteiger partial charge >= 0.3 is 5.97 Å². The van der Waals surface area contributed by atoms with Crippen molar-refractivity contribution in [2.75, 3.05) is 11.6 Å². The zero-order valence-electron chi connectivity index (χ0n) is 15.1. The molecular weight excluding hydrogens is 366 g/mol. The molecule has 1 atom stereocenters. The van der Waals surface area contributed by atoms with Crippen LogP contribution in [0.4, 0.5) is 5.69 Å². The van der Waals surface area contributed by atoms with Crippen LogP contribution in [0.3, 0.4) is 0 Å². The SMILES string of the molecule is CC(=O)N1CCC[C@H]1C(=O)N(O)c1ccc(-c2ccc(C(=O)O)c(=O)[nH]2)cc1. The molecule has 1 saturated heterocycles. The Kier molecular flexibility index (Phi) is 5.27. The maximum absolute atomic E-state index is 12.5. The van der Waals surface area contributed by atoms with Crippen LogP contribution in [-0.2, 0) is 9.59 Å². The number of aromatic nitrogens is 1. The summed E-state index contributed by atoms with van der Waals surface area (Å²) in [4.78, 5) is 50.8. The molecule has 2 amide bonds. The van der Waals surface area contributed by atoms with Crippen molar-refractivity contribution < 1.29 is 24.7 Å². The van der Waals surface area contributed by atoms with Crippen molar-refractivity contribution in [2.24, 2.45) is 0 Å². The highest BCUT2D eigenvalue weighted by atomic mass is 16.5. The molecule has 3 rings (SSSR count). The van der Waals surface area contributed by atoms with Crippen LogP contribution in [0.15, 0.2) is 41.2 Å². The van der Waals surface area contributed by atoms with Gasteiger partial charge in [-0.25, -0.2) is 4.79 Å². The molecule has 0 unspecified atom stereocenters. The third-order valence-electron chi connectivity index (χ3n) is 4.71. The van der Waals surface area contributed by atoms with Gasteiger partial charge in [0.15, 0.2) is 0 Å². The number of aromatic amines is 1. The maximum Gasteiger partial charge on any atom is 0.341 e. The second-order valence-electron chi connectivity index (χ2n) is 6.49. The van der Waals surface area contributed by atoms with Gasteiger partial charge in [0.1, 0.15) is 11.6 Å². The Bertz CT molecular complexity index is 982. The Morgan fingerprint density at radius 3 is 2.39 bits per heavy atom. The number of pyridine rings is 1. The number of carboxylic acids is 1.